The predicted octanol–water partition coefficient (Wildman–Crippen LogP) is 0.214. The van der Waals surface area contributed by atoms with Crippen molar-refractivity contribution >= 4 is 35.5 Å². The van der Waals surface area contributed by atoms with Crippen molar-refractivity contribution in [3.63, 3.8) is 0 Å². The molecule has 0 aliphatic rings. The second-order valence-corrected chi connectivity index (χ2v) is 2.13. The Bertz CT molecular complexity index is 126. The molecule has 10 heavy (non-hydrogen) atoms. The molecule has 0 radical (unpaired) electrons. The van der Waals surface area contributed by atoms with Crippen LogP contribution < -0.4 is 0 Å². The van der Waals surface area contributed by atoms with Crippen molar-refractivity contribution in [3.8, 4) is 0 Å². The molecule has 1 unspecified atom stereocenters. The molecule has 1 atom stereocenters. The summed E-state index contributed by atoms with van der Waals surface area (Å²) >= 11 is 0. The first kappa shape index (κ1) is 12.7. The van der Waals surface area contributed by atoms with Gasteiger partial charge in [-0.1, -0.05) is 19.0 Å². The minimum absolute atomic E-state index is 0. The Balaban J connectivity index is 0. The summed E-state index contributed by atoms with van der Waals surface area (Å²) in [5, 5.41) is 10.7. The molecular formula is C5H10NNaO3. The van der Waals surface area contributed by atoms with E-state index in [0.29, 0.717) is 0 Å². The molecule has 1 N–H and O–H groups in total. The normalized spacial score (nSPS) is 11.9. The van der Waals surface area contributed by atoms with Gasteiger partial charge in [0.15, 0.2) is 6.04 Å². The molecule has 4 nitrogen and oxygen atoms in total. The maximum absolute atomic E-state index is 10.1. The molecule has 5 heteroatoms. The summed E-state index contributed by atoms with van der Waals surface area (Å²) in [7, 11) is 0. The second kappa shape index (κ2) is 5.82. The average Bonchev–Trinajstić information content (AvgIpc) is 1.64. The average molecular weight is 155 g/mol. The number of hydrogen-bond acceptors (Lipinski definition) is 3. The Morgan fingerprint density at radius 2 is 1.90 bits per heavy atom. The van der Waals surface area contributed by atoms with Crippen LogP contribution in [0.4, 0.5) is 0 Å². The third kappa shape index (κ3) is 3.98. The molecule has 0 aliphatic heterocycles. The molecule has 0 amide bonds. The SMILES string of the molecule is CC(C)C(N=O)C(=O)O.[NaH]. The zero-order valence-electron chi connectivity index (χ0n) is 5.37. The van der Waals surface area contributed by atoms with Gasteiger partial charge < -0.3 is 5.11 Å². The monoisotopic (exact) mass is 155 g/mol. The van der Waals surface area contributed by atoms with Gasteiger partial charge in [0.05, 0.1) is 0 Å². The van der Waals surface area contributed by atoms with Gasteiger partial charge in [-0.15, -0.1) is 4.91 Å². The van der Waals surface area contributed by atoms with Gasteiger partial charge in [-0.05, 0) is 5.92 Å². The van der Waals surface area contributed by atoms with Crippen LogP contribution in [0.25, 0.3) is 0 Å². The molecule has 0 saturated heterocycles. The Kier molecular flexibility index (Phi) is 7.41. The minimum atomic E-state index is -1.15. The fraction of sp³-hybridized carbons (Fsp3) is 0.800. The third-order valence-corrected chi connectivity index (χ3v) is 0.998. The summed E-state index contributed by atoms with van der Waals surface area (Å²) in [5.74, 6) is -1.38. The molecule has 0 aliphatic carbocycles. The quantitative estimate of drug-likeness (QED) is 0.468. The predicted molar refractivity (Wildman–Crippen MR) is 39.2 cm³/mol. The Morgan fingerprint density at radius 1 is 1.50 bits per heavy atom. The van der Waals surface area contributed by atoms with Crippen LogP contribution in [0.3, 0.4) is 0 Å². The molecule has 0 bridgehead atoms. The zero-order chi connectivity index (χ0) is 7.44. The van der Waals surface area contributed by atoms with Gasteiger partial charge in [0.25, 0.3) is 0 Å². The Labute approximate surface area is 81.3 Å². The fourth-order valence-electron chi connectivity index (χ4n) is 0.452. The molecular weight excluding hydrogens is 145 g/mol. The van der Waals surface area contributed by atoms with Gasteiger partial charge in [-0.3, -0.25) is 0 Å². The first-order valence-electron chi connectivity index (χ1n) is 2.65. The van der Waals surface area contributed by atoms with E-state index in [-0.39, 0.29) is 35.5 Å². The second-order valence-electron chi connectivity index (χ2n) is 2.13. The number of carbonyl (C=O) groups is 1. The van der Waals surface area contributed by atoms with E-state index in [1.54, 1.807) is 13.8 Å². The standard InChI is InChI=1S/C5H9NO3.Na.H/c1-3(2)4(6-9)5(7)8;;/h3-4H,1-2H3,(H,7,8);;. The van der Waals surface area contributed by atoms with E-state index in [9.17, 15) is 9.70 Å². The molecule has 0 aromatic heterocycles. The number of nitroso groups, excluding NO2 is 1. The third-order valence-electron chi connectivity index (χ3n) is 0.998. The zero-order valence-corrected chi connectivity index (χ0v) is 5.37. The summed E-state index contributed by atoms with van der Waals surface area (Å²) in [5.41, 5.74) is 0. The van der Waals surface area contributed by atoms with Gasteiger partial charge >= 0.3 is 35.5 Å². The molecule has 0 saturated carbocycles. The van der Waals surface area contributed by atoms with Crippen LogP contribution in [-0.4, -0.2) is 46.7 Å². The van der Waals surface area contributed by atoms with Crippen LogP contribution in [-0.2, 0) is 4.79 Å². The first-order chi connectivity index (χ1) is 4.09. The summed E-state index contributed by atoms with van der Waals surface area (Å²) in [6.45, 7) is 3.28. The molecule has 0 fully saturated rings. The van der Waals surface area contributed by atoms with E-state index in [1.165, 1.54) is 0 Å². The maximum atomic E-state index is 10.1. The Morgan fingerprint density at radius 3 is 1.90 bits per heavy atom. The van der Waals surface area contributed by atoms with Gasteiger partial charge in [-0.25, -0.2) is 4.79 Å². The summed E-state index contributed by atoms with van der Waals surface area (Å²) < 4.78 is 0. The van der Waals surface area contributed by atoms with E-state index in [0.717, 1.165) is 0 Å². The molecule has 0 aromatic carbocycles. The molecule has 0 spiro atoms. The number of carboxylic acids is 1. The van der Waals surface area contributed by atoms with Crippen LogP contribution in [0.15, 0.2) is 5.18 Å². The first-order valence-corrected chi connectivity index (χ1v) is 2.65. The van der Waals surface area contributed by atoms with Crippen molar-refractivity contribution in [2.45, 2.75) is 19.9 Å². The van der Waals surface area contributed by atoms with Gasteiger partial charge in [0.2, 0.25) is 0 Å². The van der Waals surface area contributed by atoms with Gasteiger partial charge in [0.1, 0.15) is 0 Å². The van der Waals surface area contributed by atoms with Crippen molar-refractivity contribution in [2.75, 3.05) is 0 Å². The van der Waals surface area contributed by atoms with Crippen molar-refractivity contribution in [2.24, 2.45) is 11.1 Å². The molecule has 0 rings (SSSR count). The van der Waals surface area contributed by atoms with E-state index in [1.807, 2.05) is 0 Å². The summed E-state index contributed by atoms with van der Waals surface area (Å²) in [6.07, 6.45) is 0. The fourth-order valence-corrected chi connectivity index (χ4v) is 0.452. The topological polar surface area (TPSA) is 66.7 Å². The summed E-state index contributed by atoms with van der Waals surface area (Å²) in [6, 6.07) is -1.09. The van der Waals surface area contributed by atoms with Crippen molar-refractivity contribution < 1.29 is 9.90 Å². The van der Waals surface area contributed by atoms with E-state index in [2.05, 4.69) is 5.18 Å². The number of hydrogen-bond donors (Lipinski definition) is 1. The van der Waals surface area contributed by atoms with E-state index in [4.69, 9.17) is 5.11 Å². The number of aliphatic carboxylic acids is 1. The van der Waals surface area contributed by atoms with Crippen molar-refractivity contribution in [3.05, 3.63) is 4.91 Å². The number of nitrogens with zero attached hydrogens (tertiary/aromatic N) is 1. The van der Waals surface area contributed by atoms with Gasteiger partial charge in [0, 0.05) is 0 Å². The molecule has 0 aromatic rings. The Hall–Kier alpha value is 0.0700. The summed E-state index contributed by atoms with van der Waals surface area (Å²) in [4.78, 5) is 19.8. The van der Waals surface area contributed by atoms with Gasteiger partial charge in [-0.2, -0.15) is 0 Å². The number of carboxylic acid groups (broad SMARTS) is 1. The van der Waals surface area contributed by atoms with E-state index < -0.39 is 12.0 Å². The van der Waals surface area contributed by atoms with Crippen LogP contribution in [0, 0.1) is 10.8 Å². The number of rotatable bonds is 3. The molecule has 0 heterocycles. The van der Waals surface area contributed by atoms with Crippen LogP contribution in [0.1, 0.15) is 13.8 Å². The van der Waals surface area contributed by atoms with Crippen LogP contribution in [0.2, 0.25) is 0 Å². The van der Waals surface area contributed by atoms with Crippen molar-refractivity contribution in [1.82, 2.24) is 0 Å². The van der Waals surface area contributed by atoms with Crippen molar-refractivity contribution in [1.29, 1.82) is 0 Å². The van der Waals surface area contributed by atoms with Crippen LogP contribution in [0.5, 0.6) is 0 Å². The molecule has 54 valence electrons. The van der Waals surface area contributed by atoms with Crippen LogP contribution >= 0.6 is 0 Å². The van der Waals surface area contributed by atoms with E-state index >= 15 is 0 Å².